The van der Waals surface area contributed by atoms with Crippen molar-refractivity contribution in [2.24, 2.45) is 0 Å². The van der Waals surface area contributed by atoms with Crippen molar-refractivity contribution in [3.63, 3.8) is 0 Å². The lowest BCUT2D eigenvalue weighted by Crippen LogP contribution is -2.44. The average Bonchev–Trinajstić information content (AvgIpc) is 2.24. The molecule has 0 saturated carbocycles. The highest BCUT2D eigenvalue weighted by molar-refractivity contribution is 14.1. The number of carbonyl (C=O) groups excluding carboxylic acids is 1. The molecule has 0 heterocycles. The summed E-state index contributed by atoms with van der Waals surface area (Å²) < 4.78 is 0.983. The summed E-state index contributed by atoms with van der Waals surface area (Å²) in [6.07, 6.45) is 5.16. The summed E-state index contributed by atoms with van der Waals surface area (Å²) in [6, 6.07) is 6.02. The molecule has 0 bridgehead atoms. The number of hydrogen-bond acceptors (Lipinski definition) is 1. The molecule has 0 fully saturated rings. The first-order chi connectivity index (χ1) is 7.88. The van der Waals surface area contributed by atoms with Crippen LogP contribution in [0.3, 0.4) is 0 Å². The van der Waals surface area contributed by atoms with Crippen LogP contribution in [0.25, 0.3) is 0 Å². The van der Waals surface area contributed by atoms with Crippen molar-refractivity contribution < 1.29 is 4.79 Å². The first kappa shape index (κ1) is 14.3. The molecule has 0 aliphatic rings. The van der Waals surface area contributed by atoms with Gasteiger partial charge in [0.25, 0.3) is 5.91 Å². The number of benzene rings is 1. The van der Waals surface area contributed by atoms with Crippen LogP contribution in [-0.4, -0.2) is 20.5 Å². The van der Waals surface area contributed by atoms with Gasteiger partial charge < -0.3 is 5.32 Å². The van der Waals surface area contributed by atoms with Crippen LogP contribution in [0.15, 0.2) is 18.2 Å². The third-order valence-electron chi connectivity index (χ3n) is 2.40. The zero-order valence-corrected chi connectivity index (χ0v) is 13.5. The Balaban J connectivity index is 3.22. The van der Waals surface area contributed by atoms with Crippen LogP contribution in [0.5, 0.6) is 0 Å². The SMILES string of the molecule is C#CCNC(=O)c1c(I)cccc1[Si](C)(C)C. The molecule has 0 unspecified atom stereocenters. The van der Waals surface area contributed by atoms with Crippen molar-refractivity contribution in [2.45, 2.75) is 19.6 Å². The van der Waals surface area contributed by atoms with Gasteiger partial charge in [-0.3, -0.25) is 4.79 Å². The maximum absolute atomic E-state index is 12.1. The number of rotatable bonds is 3. The van der Waals surface area contributed by atoms with Crippen molar-refractivity contribution in [1.29, 1.82) is 0 Å². The molecule has 0 spiro atoms. The van der Waals surface area contributed by atoms with E-state index in [0.717, 1.165) is 9.13 Å². The number of amides is 1. The Morgan fingerprint density at radius 1 is 1.47 bits per heavy atom. The minimum Gasteiger partial charge on any atom is -0.341 e. The third-order valence-corrected chi connectivity index (χ3v) is 5.33. The quantitative estimate of drug-likeness (QED) is 0.502. The van der Waals surface area contributed by atoms with Crippen LogP contribution in [0.1, 0.15) is 10.4 Å². The highest BCUT2D eigenvalue weighted by Crippen LogP contribution is 2.14. The van der Waals surface area contributed by atoms with Crippen LogP contribution >= 0.6 is 22.6 Å². The fraction of sp³-hybridized carbons (Fsp3) is 0.308. The molecule has 0 radical (unpaired) electrons. The zero-order chi connectivity index (χ0) is 13.1. The number of halogens is 1. The molecule has 0 aromatic heterocycles. The van der Waals surface area contributed by atoms with E-state index in [-0.39, 0.29) is 12.5 Å². The summed E-state index contributed by atoms with van der Waals surface area (Å²) in [4.78, 5) is 12.1. The van der Waals surface area contributed by atoms with E-state index in [1.807, 2.05) is 12.1 Å². The summed E-state index contributed by atoms with van der Waals surface area (Å²) in [5, 5.41) is 3.92. The lowest BCUT2D eigenvalue weighted by atomic mass is 10.2. The zero-order valence-electron chi connectivity index (χ0n) is 10.3. The van der Waals surface area contributed by atoms with Gasteiger partial charge in [0.1, 0.15) is 0 Å². The van der Waals surface area contributed by atoms with Gasteiger partial charge in [-0.2, -0.15) is 0 Å². The fourth-order valence-corrected chi connectivity index (χ4v) is 4.19. The second kappa shape index (κ2) is 5.69. The Morgan fingerprint density at radius 3 is 2.65 bits per heavy atom. The predicted octanol–water partition coefficient (Wildman–Crippen LogP) is 2.20. The van der Waals surface area contributed by atoms with E-state index in [4.69, 9.17) is 6.42 Å². The number of hydrogen-bond donors (Lipinski definition) is 1. The standard InChI is InChI=1S/C13H16INOSi/c1-5-9-15-13(16)12-10(14)7-6-8-11(12)17(2,3)4/h1,6-8H,9H2,2-4H3,(H,15,16). The molecule has 1 aromatic carbocycles. The summed E-state index contributed by atoms with van der Waals surface area (Å²) in [6.45, 7) is 6.97. The van der Waals surface area contributed by atoms with E-state index in [1.165, 1.54) is 5.19 Å². The molecule has 0 aliphatic heterocycles. The Labute approximate surface area is 117 Å². The van der Waals surface area contributed by atoms with Gasteiger partial charge in [-0.1, -0.05) is 37.7 Å². The van der Waals surface area contributed by atoms with E-state index in [0.29, 0.717) is 0 Å². The molecule has 17 heavy (non-hydrogen) atoms. The van der Waals surface area contributed by atoms with Gasteiger partial charge >= 0.3 is 0 Å². The molecule has 0 aliphatic carbocycles. The fourth-order valence-electron chi connectivity index (χ4n) is 1.60. The van der Waals surface area contributed by atoms with Crippen LogP contribution in [0.2, 0.25) is 19.6 Å². The van der Waals surface area contributed by atoms with E-state index < -0.39 is 8.07 Å². The van der Waals surface area contributed by atoms with Crippen LogP contribution in [0, 0.1) is 15.9 Å². The summed E-state index contributed by atoms with van der Waals surface area (Å²) >= 11 is 2.20. The van der Waals surface area contributed by atoms with E-state index in [2.05, 4.69) is 59.5 Å². The Bertz CT molecular complexity index is 471. The number of nitrogens with one attached hydrogen (secondary N) is 1. The van der Waals surface area contributed by atoms with Gasteiger partial charge in [-0.25, -0.2) is 0 Å². The maximum atomic E-state index is 12.1. The van der Waals surface area contributed by atoms with Crippen molar-refractivity contribution in [1.82, 2.24) is 5.32 Å². The molecular formula is C13H16INOSi. The second-order valence-corrected chi connectivity index (χ2v) is 11.0. The minimum absolute atomic E-state index is 0.0645. The summed E-state index contributed by atoms with van der Waals surface area (Å²) in [7, 11) is -1.53. The molecule has 1 aromatic rings. The smallest absolute Gasteiger partial charge is 0.252 e. The lowest BCUT2D eigenvalue weighted by molar-refractivity contribution is 0.0959. The van der Waals surface area contributed by atoms with E-state index in [1.54, 1.807) is 0 Å². The number of terminal acetylenes is 1. The monoisotopic (exact) mass is 357 g/mol. The van der Waals surface area contributed by atoms with Gasteiger partial charge in [0.05, 0.1) is 20.2 Å². The second-order valence-electron chi connectivity index (χ2n) is 4.80. The highest BCUT2D eigenvalue weighted by Gasteiger charge is 2.24. The van der Waals surface area contributed by atoms with E-state index in [9.17, 15) is 4.79 Å². The van der Waals surface area contributed by atoms with Crippen molar-refractivity contribution in [3.8, 4) is 12.3 Å². The van der Waals surface area contributed by atoms with Crippen LogP contribution in [0.4, 0.5) is 0 Å². The Morgan fingerprint density at radius 2 is 2.12 bits per heavy atom. The molecule has 0 atom stereocenters. The Kier molecular flexibility index (Phi) is 4.77. The summed E-state index contributed by atoms with van der Waals surface area (Å²) in [5.41, 5.74) is 0.794. The van der Waals surface area contributed by atoms with Crippen molar-refractivity contribution >= 4 is 41.8 Å². The lowest BCUT2D eigenvalue weighted by Gasteiger charge is -2.21. The molecule has 2 nitrogen and oxygen atoms in total. The molecule has 90 valence electrons. The normalized spacial score (nSPS) is 10.8. The van der Waals surface area contributed by atoms with Crippen LogP contribution in [-0.2, 0) is 0 Å². The van der Waals surface area contributed by atoms with Crippen molar-refractivity contribution in [2.75, 3.05) is 6.54 Å². The highest BCUT2D eigenvalue weighted by atomic mass is 127. The topological polar surface area (TPSA) is 29.1 Å². The maximum Gasteiger partial charge on any atom is 0.252 e. The molecule has 4 heteroatoms. The largest absolute Gasteiger partial charge is 0.341 e. The van der Waals surface area contributed by atoms with Gasteiger partial charge in [0, 0.05) is 3.57 Å². The average molecular weight is 357 g/mol. The summed E-state index contributed by atoms with van der Waals surface area (Å²) in [5.74, 6) is 2.36. The minimum atomic E-state index is -1.53. The predicted molar refractivity (Wildman–Crippen MR) is 83.3 cm³/mol. The first-order valence-corrected chi connectivity index (χ1v) is 9.96. The van der Waals surface area contributed by atoms with Gasteiger partial charge in [0.2, 0.25) is 0 Å². The van der Waals surface area contributed by atoms with Gasteiger partial charge in [0.15, 0.2) is 0 Å². The van der Waals surface area contributed by atoms with E-state index >= 15 is 0 Å². The third kappa shape index (κ3) is 3.58. The number of carbonyl (C=O) groups is 1. The molecule has 1 N–H and O–H groups in total. The molecular weight excluding hydrogens is 341 g/mol. The molecule has 1 rings (SSSR count). The van der Waals surface area contributed by atoms with Crippen LogP contribution < -0.4 is 10.5 Å². The van der Waals surface area contributed by atoms with Gasteiger partial charge in [-0.05, 0) is 33.8 Å². The molecule has 1 amide bonds. The molecule has 0 saturated heterocycles. The van der Waals surface area contributed by atoms with Crippen molar-refractivity contribution in [3.05, 3.63) is 27.3 Å². The first-order valence-electron chi connectivity index (χ1n) is 5.38. The van der Waals surface area contributed by atoms with Gasteiger partial charge in [-0.15, -0.1) is 6.42 Å². The Hall–Kier alpha value is -0.803.